The lowest BCUT2D eigenvalue weighted by Crippen LogP contribution is -2.46. The third-order valence-corrected chi connectivity index (χ3v) is 4.58. The van der Waals surface area contributed by atoms with E-state index >= 15 is 0 Å². The minimum absolute atomic E-state index is 0.0130. The van der Waals surface area contributed by atoms with Gasteiger partial charge in [-0.25, -0.2) is 9.97 Å². The highest BCUT2D eigenvalue weighted by molar-refractivity contribution is 5.09. The molecule has 2 aliphatic rings. The molecule has 0 amide bonds. The Kier molecular flexibility index (Phi) is 4.01. The minimum atomic E-state index is -0.0275. The van der Waals surface area contributed by atoms with Crippen molar-refractivity contribution in [2.45, 2.75) is 44.2 Å². The molecule has 0 saturated carbocycles. The molecule has 1 spiro atoms. The quantitative estimate of drug-likeness (QED) is 0.892. The number of nitrogens with two attached hydrogens (primary N) is 1. The number of hydrogen-bond donors (Lipinski definition) is 1. The molecule has 2 unspecified atom stereocenters. The van der Waals surface area contributed by atoms with Gasteiger partial charge in [0.05, 0.1) is 17.3 Å². The van der Waals surface area contributed by atoms with E-state index in [2.05, 4.69) is 9.97 Å². The molecule has 2 N–H and O–H groups in total. The fourth-order valence-corrected chi connectivity index (χ4v) is 3.37. The van der Waals surface area contributed by atoms with E-state index in [1.54, 1.807) is 6.20 Å². The molecular weight excluding hydrogens is 254 g/mol. The van der Waals surface area contributed by atoms with Gasteiger partial charge in [0, 0.05) is 26.0 Å². The number of hydrogen-bond acceptors (Lipinski definition) is 5. The van der Waals surface area contributed by atoms with E-state index in [9.17, 15) is 0 Å². The maximum absolute atomic E-state index is 6.45. The number of aryl methyl sites for hydroxylation is 1. The summed E-state index contributed by atoms with van der Waals surface area (Å²) in [4.78, 5) is 8.62. The van der Waals surface area contributed by atoms with Crippen molar-refractivity contribution in [3.05, 3.63) is 23.8 Å². The molecule has 110 valence electrons. The minimum Gasteiger partial charge on any atom is -0.381 e. The molecule has 2 saturated heterocycles. The third kappa shape index (κ3) is 2.85. The lowest BCUT2D eigenvalue weighted by Gasteiger charge is -2.44. The van der Waals surface area contributed by atoms with Crippen LogP contribution in [0.1, 0.15) is 43.2 Å². The Labute approximate surface area is 119 Å². The number of nitrogens with zero attached hydrogens (tertiary/aromatic N) is 2. The summed E-state index contributed by atoms with van der Waals surface area (Å²) in [6.45, 7) is 4.30. The molecule has 5 heteroatoms. The van der Waals surface area contributed by atoms with Crippen molar-refractivity contribution in [2.24, 2.45) is 11.7 Å². The predicted octanol–water partition coefficient (Wildman–Crippen LogP) is 1.76. The van der Waals surface area contributed by atoms with Crippen LogP contribution in [0.3, 0.4) is 0 Å². The van der Waals surface area contributed by atoms with Gasteiger partial charge >= 0.3 is 0 Å². The Morgan fingerprint density at radius 1 is 1.35 bits per heavy atom. The molecule has 3 rings (SSSR count). The van der Waals surface area contributed by atoms with Gasteiger partial charge in [-0.05, 0) is 44.6 Å². The molecule has 2 fully saturated rings. The Morgan fingerprint density at radius 3 is 2.90 bits per heavy atom. The van der Waals surface area contributed by atoms with Crippen LogP contribution in [0.25, 0.3) is 0 Å². The highest BCUT2D eigenvalue weighted by Gasteiger charge is 2.41. The zero-order valence-electron chi connectivity index (χ0n) is 12.0. The first-order valence-electron chi connectivity index (χ1n) is 7.45. The van der Waals surface area contributed by atoms with Crippen molar-refractivity contribution in [2.75, 3.05) is 19.8 Å². The summed E-state index contributed by atoms with van der Waals surface area (Å²) in [6.07, 6.45) is 5.78. The lowest BCUT2D eigenvalue weighted by molar-refractivity contribution is -0.149. The molecular formula is C15H23N3O2. The van der Waals surface area contributed by atoms with Gasteiger partial charge < -0.3 is 15.2 Å². The average Bonchev–Trinajstić information content (AvgIpc) is 2.47. The molecule has 0 aliphatic carbocycles. The van der Waals surface area contributed by atoms with Crippen molar-refractivity contribution >= 4 is 0 Å². The molecule has 1 aromatic rings. The summed E-state index contributed by atoms with van der Waals surface area (Å²) < 4.78 is 11.5. The van der Waals surface area contributed by atoms with Gasteiger partial charge in [-0.1, -0.05) is 0 Å². The van der Waals surface area contributed by atoms with Gasteiger partial charge in [0.2, 0.25) is 0 Å². The highest BCUT2D eigenvalue weighted by Crippen LogP contribution is 2.40. The van der Waals surface area contributed by atoms with E-state index in [0.717, 1.165) is 57.0 Å². The first-order chi connectivity index (χ1) is 9.69. The van der Waals surface area contributed by atoms with E-state index < -0.39 is 0 Å². The molecule has 2 aliphatic heterocycles. The number of aromatic nitrogens is 2. The second-order valence-electron chi connectivity index (χ2n) is 5.95. The summed E-state index contributed by atoms with van der Waals surface area (Å²) in [5.74, 6) is 1.21. The largest absolute Gasteiger partial charge is 0.381 e. The fourth-order valence-electron chi connectivity index (χ4n) is 3.37. The SMILES string of the molecule is Cc1nccc(C(N)C2CCOC3(CCOCC3)C2)n1. The van der Waals surface area contributed by atoms with E-state index in [0.29, 0.717) is 5.92 Å². The Bertz CT molecular complexity index is 455. The molecule has 0 bridgehead atoms. The van der Waals surface area contributed by atoms with Crippen molar-refractivity contribution in [3.8, 4) is 0 Å². The summed E-state index contributed by atoms with van der Waals surface area (Å²) in [5, 5.41) is 0. The smallest absolute Gasteiger partial charge is 0.125 e. The summed E-state index contributed by atoms with van der Waals surface area (Å²) in [7, 11) is 0. The van der Waals surface area contributed by atoms with E-state index in [1.807, 2.05) is 13.0 Å². The molecule has 0 aromatic carbocycles. The van der Waals surface area contributed by atoms with Crippen LogP contribution in [0.2, 0.25) is 0 Å². The van der Waals surface area contributed by atoms with Crippen LogP contribution < -0.4 is 5.73 Å². The Morgan fingerprint density at radius 2 is 2.15 bits per heavy atom. The van der Waals surface area contributed by atoms with Gasteiger partial charge in [-0.3, -0.25) is 0 Å². The standard InChI is InChI=1S/C15H23N3O2/c1-11-17-6-2-13(18-11)14(16)12-3-7-20-15(10-12)4-8-19-9-5-15/h2,6,12,14H,3-5,7-10,16H2,1H3. The highest BCUT2D eigenvalue weighted by atomic mass is 16.5. The van der Waals surface area contributed by atoms with Crippen LogP contribution in [0.15, 0.2) is 12.3 Å². The van der Waals surface area contributed by atoms with E-state index in [4.69, 9.17) is 15.2 Å². The molecule has 2 atom stereocenters. The van der Waals surface area contributed by atoms with Gasteiger partial charge in [-0.2, -0.15) is 0 Å². The maximum atomic E-state index is 6.45. The van der Waals surface area contributed by atoms with Crippen LogP contribution in [0.5, 0.6) is 0 Å². The number of rotatable bonds is 2. The molecule has 1 aromatic heterocycles. The van der Waals surface area contributed by atoms with Crippen molar-refractivity contribution in [3.63, 3.8) is 0 Å². The lowest BCUT2D eigenvalue weighted by atomic mass is 9.77. The molecule has 0 radical (unpaired) electrons. The average molecular weight is 277 g/mol. The second kappa shape index (κ2) is 5.76. The van der Waals surface area contributed by atoms with E-state index in [1.165, 1.54) is 0 Å². The van der Waals surface area contributed by atoms with Crippen LogP contribution in [0, 0.1) is 12.8 Å². The summed E-state index contributed by atoms with van der Waals surface area (Å²) in [5.41, 5.74) is 7.39. The van der Waals surface area contributed by atoms with Crippen LogP contribution in [-0.4, -0.2) is 35.4 Å². The summed E-state index contributed by atoms with van der Waals surface area (Å²) in [6, 6.07) is 1.91. The number of ether oxygens (including phenoxy) is 2. The first kappa shape index (κ1) is 13.9. The Balaban J connectivity index is 1.73. The molecule has 3 heterocycles. The van der Waals surface area contributed by atoms with Gasteiger partial charge in [-0.15, -0.1) is 0 Å². The van der Waals surface area contributed by atoms with Crippen molar-refractivity contribution < 1.29 is 9.47 Å². The fraction of sp³-hybridized carbons (Fsp3) is 0.733. The van der Waals surface area contributed by atoms with Crippen LogP contribution >= 0.6 is 0 Å². The second-order valence-corrected chi connectivity index (χ2v) is 5.95. The third-order valence-electron chi connectivity index (χ3n) is 4.58. The molecule has 20 heavy (non-hydrogen) atoms. The zero-order chi connectivity index (χ0) is 14.0. The topological polar surface area (TPSA) is 70.3 Å². The van der Waals surface area contributed by atoms with Crippen molar-refractivity contribution in [1.29, 1.82) is 0 Å². The monoisotopic (exact) mass is 277 g/mol. The van der Waals surface area contributed by atoms with Gasteiger partial charge in [0.15, 0.2) is 0 Å². The van der Waals surface area contributed by atoms with Gasteiger partial charge in [0.1, 0.15) is 5.82 Å². The Hall–Kier alpha value is -1.04. The van der Waals surface area contributed by atoms with Crippen LogP contribution in [-0.2, 0) is 9.47 Å². The predicted molar refractivity (Wildman–Crippen MR) is 75.2 cm³/mol. The zero-order valence-corrected chi connectivity index (χ0v) is 12.0. The maximum Gasteiger partial charge on any atom is 0.125 e. The normalized spacial score (nSPS) is 27.4. The first-order valence-corrected chi connectivity index (χ1v) is 7.45. The molecule has 5 nitrogen and oxygen atoms in total. The van der Waals surface area contributed by atoms with E-state index in [-0.39, 0.29) is 11.6 Å². The van der Waals surface area contributed by atoms with Gasteiger partial charge in [0.25, 0.3) is 0 Å². The summed E-state index contributed by atoms with van der Waals surface area (Å²) >= 11 is 0. The van der Waals surface area contributed by atoms with Crippen molar-refractivity contribution in [1.82, 2.24) is 9.97 Å². The van der Waals surface area contributed by atoms with Crippen LogP contribution in [0.4, 0.5) is 0 Å².